The number of hydrogen-bond donors (Lipinski definition) is 3. The van der Waals surface area contributed by atoms with Gasteiger partial charge < -0.3 is 14.9 Å². The molecule has 3 N–H and O–H groups in total. The number of phenols is 2. The summed E-state index contributed by atoms with van der Waals surface area (Å²) in [5, 5.41) is 22.4. The van der Waals surface area contributed by atoms with Gasteiger partial charge in [-0.2, -0.15) is 5.10 Å². The highest BCUT2D eigenvalue weighted by Crippen LogP contribution is 2.26. The van der Waals surface area contributed by atoms with Crippen molar-refractivity contribution in [2.24, 2.45) is 5.10 Å². The predicted molar refractivity (Wildman–Crippen MR) is 77.4 cm³/mol. The maximum atomic E-state index is 13.3. The topological polar surface area (TPSA) is 91.2 Å². The van der Waals surface area contributed by atoms with Crippen molar-refractivity contribution in [3.63, 3.8) is 0 Å². The number of ether oxygens (including phenoxy) is 1. The molecule has 6 nitrogen and oxygen atoms in total. The first kappa shape index (κ1) is 15.3. The molecule has 22 heavy (non-hydrogen) atoms. The molecule has 0 aliphatic heterocycles. The number of hydrogen-bond acceptors (Lipinski definition) is 5. The van der Waals surface area contributed by atoms with E-state index in [1.807, 2.05) is 0 Å². The predicted octanol–water partition coefficient (Wildman–Crippen LogP) is 1.77. The van der Waals surface area contributed by atoms with Crippen molar-refractivity contribution < 1.29 is 24.1 Å². The highest BCUT2D eigenvalue weighted by molar-refractivity contribution is 5.86. The van der Waals surface area contributed by atoms with E-state index in [2.05, 4.69) is 10.5 Å². The van der Waals surface area contributed by atoms with Gasteiger partial charge in [0.25, 0.3) is 5.91 Å². The quantitative estimate of drug-likeness (QED) is 0.446. The van der Waals surface area contributed by atoms with E-state index in [4.69, 9.17) is 4.74 Å². The number of carbonyl (C=O) groups is 1. The number of halogens is 1. The van der Waals surface area contributed by atoms with Crippen molar-refractivity contribution >= 4 is 12.1 Å². The first-order chi connectivity index (χ1) is 10.6. The lowest BCUT2D eigenvalue weighted by atomic mass is 10.2. The van der Waals surface area contributed by atoms with Gasteiger partial charge in [-0.15, -0.1) is 0 Å². The molecule has 0 fully saturated rings. The smallest absolute Gasteiger partial charge is 0.277 e. The van der Waals surface area contributed by atoms with Crippen LogP contribution in [0.5, 0.6) is 17.2 Å². The minimum Gasteiger partial charge on any atom is -0.504 e. The summed E-state index contributed by atoms with van der Waals surface area (Å²) in [5.41, 5.74) is 2.39. The summed E-state index contributed by atoms with van der Waals surface area (Å²) in [6, 6.07) is 10.0. The van der Waals surface area contributed by atoms with Gasteiger partial charge in [-0.25, -0.2) is 9.82 Å². The Labute approximate surface area is 125 Å². The second kappa shape index (κ2) is 7.07. The second-order valence-corrected chi connectivity index (χ2v) is 4.23. The van der Waals surface area contributed by atoms with Crippen LogP contribution in [0, 0.1) is 5.82 Å². The summed E-state index contributed by atoms with van der Waals surface area (Å²) in [7, 11) is 0. The molecular formula is C15H13FN2O4. The Morgan fingerprint density at radius 3 is 2.77 bits per heavy atom. The zero-order valence-corrected chi connectivity index (χ0v) is 11.4. The number of phenolic OH excluding ortho intramolecular Hbond substituents is 2. The molecule has 0 bridgehead atoms. The minimum atomic E-state index is -0.598. The zero-order valence-electron chi connectivity index (χ0n) is 11.4. The SMILES string of the molecule is O=C(COc1ccccc1F)N/N=C/c1cccc(O)c1O. The Bertz CT molecular complexity index is 704. The maximum Gasteiger partial charge on any atom is 0.277 e. The molecule has 0 aromatic heterocycles. The summed E-state index contributed by atoms with van der Waals surface area (Å²) in [5.74, 6) is -1.84. The van der Waals surface area contributed by atoms with Gasteiger partial charge in [-0.05, 0) is 24.3 Å². The minimum absolute atomic E-state index is 0.0349. The summed E-state index contributed by atoms with van der Waals surface area (Å²) < 4.78 is 18.3. The van der Waals surface area contributed by atoms with Crippen molar-refractivity contribution in [3.05, 3.63) is 53.8 Å². The number of carbonyl (C=O) groups excluding carboxylic acids is 1. The Hall–Kier alpha value is -3.09. The molecule has 0 aliphatic rings. The van der Waals surface area contributed by atoms with Crippen molar-refractivity contribution in [2.45, 2.75) is 0 Å². The van der Waals surface area contributed by atoms with Crippen LogP contribution in [0.25, 0.3) is 0 Å². The summed E-state index contributed by atoms with van der Waals surface area (Å²) >= 11 is 0. The number of para-hydroxylation sites is 2. The Morgan fingerprint density at radius 2 is 2.00 bits per heavy atom. The summed E-state index contributed by atoms with van der Waals surface area (Å²) in [6.07, 6.45) is 1.16. The number of amides is 1. The molecule has 0 spiro atoms. The number of benzene rings is 2. The summed E-state index contributed by atoms with van der Waals surface area (Å²) in [4.78, 5) is 11.5. The molecule has 1 amide bonds. The van der Waals surface area contributed by atoms with Crippen LogP contribution in [0.15, 0.2) is 47.6 Å². The molecule has 0 heterocycles. The first-order valence-corrected chi connectivity index (χ1v) is 6.28. The van der Waals surface area contributed by atoms with E-state index in [-0.39, 0.29) is 22.8 Å². The molecule has 0 unspecified atom stereocenters. The van der Waals surface area contributed by atoms with Crippen LogP contribution in [0.3, 0.4) is 0 Å². The van der Waals surface area contributed by atoms with Crippen LogP contribution in [0.1, 0.15) is 5.56 Å². The van der Waals surface area contributed by atoms with Gasteiger partial charge in [-0.1, -0.05) is 18.2 Å². The highest BCUT2D eigenvalue weighted by atomic mass is 19.1. The van der Waals surface area contributed by atoms with E-state index in [0.717, 1.165) is 6.21 Å². The number of hydrazone groups is 1. The van der Waals surface area contributed by atoms with Gasteiger partial charge in [0.1, 0.15) is 0 Å². The largest absolute Gasteiger partial charge is 0.504 e. The van der Waals surface area contributed by atoms with Crippen molar-refractivity contribution in [3.8, 4) is 17.2 Å². The Kier molecular flexibility index (Phi) is 4.92. The van der Waals surface area contributed by atoms with E-state index in [9.17, 15) is 19.4 Å². The number of rotatable bonds is 5. The van der Waals surface area contributed by atoms with Gasteiger partial charge in [0.2, 0.25) is 0 Å². The van der Waals surface area contributed by atoms with Crippen molar-refractivity contribution in [1.29, 1.82) is 0 Å². The number of nitrogens with one attached hydrogen (secondary N) is 1. The van der Waals surface area contributed by atoms with Crippen LogP contribution in [0.4, 0.5) is 4.39 Å². The lowest BCUT2D eigenvalue weighted by molar-refractivity contribution is -0.123. The molecule has 7 heteroatoms. The maximum absolute atomic E-state index is 13.3. The van der Waals surface area contributed by atoms with Crippen LogP contribution in [-0.2, 0) is 4.79 Å². The van der Waals surface area contributed by atoms with Gasteiger partial charge in [0.15, 0.2) is 29.7 Å². The standard InChI is InChI=1S/C15H13FN2O4/c16-11-5-1-2-7-13(11)22-9-14(20)18-17-8-10-4-3-6-12(19)15(10)21/h1-8,19,21H,9H2,(H,18,20)/b17-8+. The third-order valence-electron chi connectivity index (χ3n) is 2.63. The molecule has 2 aromatic rings. The number of aromatic hydroxyl groups is 2. The summed E-state index contributed by atoms with van der Waals surface area (Å²) in [6.45, 7) is -0.412. The average Bonchev–Trinajstić information content (AvgIpc) is 2.51. The molecule has 2 rings (SSSR count). The lowest BCUT2D eigenvalue weighted by Gasteiger charge is -2.05. The van der Waals surface area contributed by atoms with Crippen molar-refractivity contribution in [1.82, 2.24) is 5.43 Å². The van der Waals surface area contributed by atoms with E-state index >= 15 is 0 Å². The molecule has 2 aromatic carbocycles. The van der Waals surface area contributed by atoms with Crippen LogP contribution >= 0.6 is 0 Å². The van der Waals surface area contributed by atoms with E-state index in [1.54, 1.807) is 6.07 Å². The Balaban J connectivity index is 1.86. The molecule has 0 aliphatic carbocycles. The van der Waals surface area contributed by atoms with Crippen molar-refractivity contribution in [2.75, 3.05) is 6.61 Å². The molecule has 114 valence electrons. The van der Waals surface area contributed by atoms with Crippen LogP contribution in [0.2, 0.25) is 0 Å². The van der Waals surface area contributed by atoms with Gasteiger partial charge in [0, 0.05) is 5.56 Å². The number of nitrogens with zero attached hydrogens (tertiary/aromatic N) is 1. The van der Waals surface area contributed by atoms with E-state index in [1.165, 1.54) is 36.4 Å². The second-order valence-electron chi connectivity index (χ2n) is 4.23. The fraction of sp³-hybridized carbons (Fsp3) is 0.0667. The van der Waals surface area contributed by atoms with Crippen LogP contribution in [-0.4, -0.2) is 28.9 Å². The first-order valence-electron chi connectivity index (χ1n) is 6.28. The van der Waals surface area contributed by atoms with Gasteiger partial charge >= 0.3 is 0 Å². The molecule has 0 saturated carbocycles. The fourth-order valence-electron chi connectivity index (χ4n) is 1.56. The molecule has 0 radical (unpaired) electrons. The highest BCUT2D eigenvalue weighted by Gasteiger charge is 2.06. The Morgan fingerprint density at radius 1 is 1.23 bits per heavy atom. The normalized spacial score (nSPS) is 10.6. The van der Waals surface area contributed by atoms with E-state index in [0.29, 0.717) is 0 Å². The van der Waals surface area contributed by atoms with Gasteiger partial charge in [-0.3, -0.25) is 4.79 Å². The monoisotopic (exact) mass is 304 g/mol. The average molecular weight is 304 g/mol. The van der Waals surface area contributed by atoms with E-state index < -0.39 is 18.3 Å². The third kappa shape index (κ3) is 3.95. The van der Waals surface area contributed by atoms with Crippen LogP contribution < -0.4 is 10.2 Å². The van der Waals surface area contributed by atoms with Gasteiger partial charge in [0.05, 0.1) is 6.21 Å². The third-order valence-corrected chi connectivity index (χ3v) is 2.63. The lowest BCUT2D eigenvalue weighted by Crippen LogP contribution is -2.24. The molecular weight excluding hydrogens is 291 g/mol. The molecule has 0 saturated heterocycles. The molecule has 0 atom stereocenters. The zero-order chi connectivity index (χ0) is 15.9. The fourth-order valence-corrected chi connectivity index (χ4v) is 1.56.